The Morgan fingerprint density at radius 2 is 0.531 bits per heavy atom. The number of rotatable bonds is 57. The van der Waals surface area contributed by atoms with Crippen LogP contribution in [0.25, 0.3) is 0 Å². The molecule has 0 aromatic rings. The number of unbranched alkanes of at least 4 members (excludes halogenated alkanes) is 19. The highest BCUT2D eigenvalue weighted by atomic mass is 16.6. The molecule has 0 fully saturated rings. The van der Waals surface area contributed by atoms with Gasteiger partial charge < -0.3 is 14.2 Å². The summed E-state index contributed by atoms with van der Waals surface area (Å²) >= 11 is 0. The second kappa shape index (κ2) is 67.3. The normalized spacial score (nSPS) is 13.3. The van der Waals surface area contributed by atoms with Gasteiger partial charge in [0.2, 0.25) is 0 Å². The lowest BCUT2D eigenvalue weighted by Crippen LogP contribution is -2.30. The van der Waals surface area contributed by atoms with Crippen molar-refractivity contribution in [2.45, 2.75) is 271 Å². The Morgan fingerprint density at radius 1 is 0.272 bits per heavy atom. The first kappa shape index (κ1) is 75.8. The van der Waals surface area contributed by atoms with Crippen molar-refractivity contribution in [3.63, 3.8) is 0 Å². The summed E-state index contributed by atoms with van der Waals surface area (Å²) in [5, 5.41) is 0. The lowest BCUT2D eigenvalue weighted by atomic mass is 10.1. The van der Waals surface area contributed by atoms with Gasteiger partial charge in [0.15, 0.2) is 6.10 Å². The minimum Gasteiger partial charge on any atom is -0.462 e. The van der Waals surface area contributed by atoms with Crippen molar-refractivity contribution in [2.75, 3.05) is 13.2 Å². The van der Waals surface area contributed by atoms with Crippen LogP contribution >= 0.6 is 0 Å². The Morgan fingerprint density at radius 3 is 0.864 bits per heavy atom. The quantitative estimate of drug-likeness (QED) is 0.0261. The number of hydrogen-bond acceptors (Lipinski definition) is 6. The van der Waals surface area contributed by atoms with Crippen LogP contribution in [0.2, 0.25) is 0 Å². The molecule has 6 nitrogen and oxygen atoms in total. The van der Waals surface area contributed by atoms with Gasteiger partial charge in [0.05, 0.1) is 6.42 Å². The van der Waals surface area contributed by atoms with E-state index in [4.69, 9.17) is 14.2 Å². The lowest BCUT2D eigenvalue weighted by molar-refractivity contribution is -0.166. The van der Waals surface area contributed by atoms with Crippen molar-refractivity contribution in [3.8, 4) is 0 Å². The third kappa shape index (κ3) is 65.5. The van der Waals surface area contributed by atoms with Gasteiger partial charge >= 0.3 is 17.9 Å². The van der Waals surface area contributed by atoms with Crippen LogP contribution in [-0.2, 0) is 28.6 Å². The van der Waals surface area contributed by atoms with Crippen LogP contribution in [-0.4, -0.2) is 37.2 Å². The van der Waals surface area contributed by atoms with E-state index in [0.29, 0.717) is 12.8 Å². The highest BCUT2D eigenvalue weighted by molar-refractivity contribution is 5.72. The molecule has 0 saturated heterocycles. The van der Waals surface area contributed by atoms with Crippen molar-refractivity contribution in [2.24, 2.45) is 0 Å². The zero-order valence-corrected chi connectivity index (χ0v) is 52.0. The van der Waals surface area contributed by atoms with Crippen LogP contribution in [0.5, 0.6) is 0 Å². The minimum absolute atomic E-state index is 0.112. The van der Waals surface area contributed by atoms with Gasteiger partial charge in [-0.1, -0.05) is 281 Å². The van der Waals surface area contributed by atoms with Gasteiger partial charge in [-0.3, -0.25) is 14.4 Å². The smallest absolute Gasteiger partial charge is 0.309 e. The molecular weight excluding hydrogens is 997 g/mol. The summed E-state index contributed by atoms with van der Waals surface area (Å²) < 4.78 is 16.8. The molecule has 0 aliphatic rings. The van der Waals surface area contributed by atoms with Crippen molar-refractivity contribution in [1.82, 2.24) is 0 Å². The molecule has 0 amide bonds. The fourth-order valence-electron chi connectivity index (χ4n) is 8.41. The molecule has 0 heterocycles. The van der Waals surface area contributed by atoms with Crippen molar-refractivity contribution < 1.29 is 28.6 Å². The highest BCUT2D eigenvalue weighted by Crippen LogP contribution is 2.14. The monoisotopic (exact) mass is 1110 g/mol. The molecule has 1 atom stereocenters. The van der Waals surface area contributed by atoms with E-state index in [9.17, 15) is 14.4 Å². The maximum Gasteiger partial charge on any atom is 0.309 e. The first-order chi connectivity index (χ1) is 40.0. The average Bonchev–Trinajstić information content (AvgIpc) is 3.47. The van der Waals surface area contributed by atoms with Gasteiger partial charge in [-0.05, 0) is 135 Å². The molecule has 0 aromatic carbocycles. The first-order valence-corrected chi connectivity index (χ1v) is 32.6. The SMILES string of the molecule is CC/C=C\C/C=C\C/C=C\C/C=C\C/C=C\C/C=C\CCCCCCC(=O)OC(COC(=O)C/C=C\C/C=C\C/C=C\C/C=C\C/C=C\CC)COC(=O)CCCCCCCCCCCC/C=C\C/C=C\C/C=C\CCCCCCC. The van der Waals surface area contributed by atoms with E-state index in [1.807, 2.05) is 6.08 Å². The number of carbonyl (C=O) groups excluding carboxylic acids is 3. The minimum atomic E-state index is -0.845. The molecule has 0 aromatic heterocycles. The molecule has 6 heteroatoms. The van der Waals surface area contributed by atoms with Gasteiger partial charge in [-0.2, -0.15) is 0 Å². The fourth-order valence-corrected chi connectivity index (χ4v) is 8.41. The Bertz CT molecular complexity index is 1860. The summed E-state index contributed by atoms with van der Waals surface area (Å²) in [6.07, 6.45) is 99.5. The molecule has 0 rings (SSSR count). The topological polar surface area (TPSA) is 78.9 Å². The molecule has 454 valence electrons. The second-order valence-corrected chi connectivity index (χ2v) is 20.9. The van der Waals surface area contributed by atoms with Gasteiger partial charge in [0, 0.05) is 12.8 Å². The Labute approximate surface area is 498 Å². The molecule has 0 spiro atoms. The van der Waals surface area contributed by atoms with E-state index in [1.54, 1.807) is 6.08 Å². The van der Waals surface area contributed by atoms with E-state index in [1.165, 1.54) is 89.9 Å². The van der Waals surface area contributed by atoms with E-state index < -0.39 is 12.1 Å². The summed E-state index contributed by atoms with van der Waals surface area (Å²) in [6.45, 7) is 6.28. The largest absolute Gasteiger partial charge is 0.462 e. The van der Waals surface area contributed by atoms with E-state index in [0.717, 1.165) is 128 Å². The van der Waals surface area contributed by atoms with E-state index >= 15 is 0 Å². The summed E-state index contributed by atoms with van der Waals surface area (Å²) in [6, 6.07) is 0. The number of hydrogen-bond donors (Lipinski definition) is 0. The van der Waals surface area contributed by atoms with Crippen LogP contribution in [0.4, 0.5) is 0 Å². The van der Waals surface area contributed by atoms with Crippen LogP contribution in [0.1, 0.15) is 265 Å². The molecule has 81 heavy (non-hydrogen) atoms. The zero-order chi connectivity index (χ0) is 58.5. The van der Waals surface area contributed by atoms with Crippen LogP contribution < -0.4 is 0 Å². The van der Waals surface area contributed by atoms with Crippen LogP contribution in [0.3, 0.4) is 0 Å². The number of carbonyl (C=O) groups is 3. The number of esters is 3. The second-order valence-electron chi connectivity index (χ2n) is 20.9. The Kier molecular flexibility index (Phi) is 62.9. The molecule has 0 bridgehead atoms. The molecule has 1 unspecified atom stereocenters. The van der Waals surface area contributed by atoms with Gasteiger partial charge in [-0.15, -0.1) is 0 Å². The summed E-state index contributed by atoms with van der Waals surface area (Å²) in [4.78, 5) is 38.3. The number of ether oxygens (including phenoxy) is 3. The van der Waals surface area contributed by atoms with E-state index in [-0.39, 0.29) is 38.0 Å². The average molecular weight is 1120 g/mol. The van der Waals surface area contributed by atoms with Crippen LogP contribution in [0, 0.1) is 0 Å². The summed E-state index contributed by atoms with van der Waals surface area (Å²) in [5.74, 6) is -1.10. The van der Waals surface area contributed by atoms with Gasteiger partial charge in [0.25, 0.3) is 0 Å². The predicted molar refractivity (Wildman–Crippen MR) is 352 cm³/mol. The van der Waals surface area contributed by atoms with Gasteiger partial charge in [0.1, 0.15) is 13.2 Å². The van der Waals surface area contributed by atoms with Gasteiger partial charge in [-0.25, -0.2) is 0 Å². The number of allylic oxidation sites excluding steroid dienone is 27. The molecular formula is C75H118O6. The molecule has 0 aliphatic heterocycles. The maximum atomic E-state index is 12.9. The first-order valence-electron chi connectivity index (χ1n) is 32.6. The maximum absolute atomic E-state index is 12.9. The zero-order valence-electron chi connectivity index (χ0n) is 52.0. The van der Waals surface area contributed by atoms with Crippen LogP contribution in [0.15, 0.2) is 170 Å². The van der Waals surface area contributed by atoms with Crippen molar-refractivity contribution >= 4 is 17.9 Å². The molecule has 0 N–H and O–H groups in total. The van der Waals surface area contributed by atoms with Crippen molar-refractivity contribution in [1.29, 1.82) is 0 Å². The predicted octanol–water partition coefficient (Wildman–Crippen LogP) is 22.7. The standard InChI is InChI=1S/C75H118O6/c1-4-7-10-13-16-19-22-25-28-30-32-34-36-37-39-40-42-44-47-50-53-56-59-62-65-68-74(77)80-71-72(70-79-73(76)67-64-61-58-55-52-49-46-27-24-21-18-15-12-9-6-3)81-75(78)69-66-63-60-57-54-51-48-45-43-41-38-35-33-31-29-26-23-20-17-14-11-8-5-2/h8-9,11-12,17-18,20-22,25-27,29-30,32-33,35-37,41,43,46,48,51-52,55,61,64,72H,4-7,10,13-16,19,23-24,28,31,34,38-40,42,44-45,47,49-50,53-54,56-60,62-63,65-71H2,1-3H3/b11-8-,12-9-,20-17-,21-18-,25-22-,29-26-,32-30-,35-33-,37-36-,43-41-,46-27-,51-48-,55-52-,64-61-. The highest BCUT2D eigenvalue weighted by Gasteiger charge is 2.19. The molecule has 0 aliphatic carbocycles. The lowest BCUT2D eigenvalue weighted by Gasteiger charge is -2.18. The molecule has 0 radical (unpaired) electrons. The Hall–Kier alpha value is -5.23. The third-order valence-corrected chi connectivity index (χ3v) is 13.2. The van der Waals surface area contributed by atoms with E-state index in [2.05, 4.69) is 179 Å². The Balaban J connectivity index is 4.51. The third-order valence-electron chi connectivity index (χ3n) is 13.2. The van der Waals surface area contributed by atoms with Crippen molar-refractivity contribution in [3.05, 3.63) is 170 Å². The summed E-state index contributed by atoms with van der Waals surface area (Å²) in [7, 11) is 0. The summed E-state index contributed by atoms with van der Waals surface area (Å²) in [5.41, 5.74) is 0. The molecule has 0 saturated carbocycles. The fraction of sp³-hybridized carbons (Fsp3) is 0.587.